The molecule has 20 heavy (non-hydrogen) atoms. The van der Waals surface area contributed by atoms with E-state index in [-0.39, 0.29) is 16.9 Å². The summed E-state index contributed by atoms with van der Waals surface area (Å²) in [5, 5.41) is 13.3. The Kier molecular flexibility index (Phi) is 3.94. The summed E-state index contributed by atoms with van der Waals surface area (Å²) in [5.74, 6) is -0.439. The van der Waals surface area contributed by atoms with E-state index in [1.165, 1.54) is 18.2 Å². The van der Waals surface area contributed by atoms with Crippen molar-refractivity contribution in [2.45, 2.75) is 6.42 Å². The molecule has 1 amide bonds. The van der Waals surface area contributed by atoms with Crippen LogP contribution in [0, 0.1) is 10.1 Å². The zero-order valence-electron chi connectivity index (χ0n) is 10.5. The number of nitro groups is 1. The molecule has 1 heterocycles. The summed E-state index contributed by atoms with van der Waals surface area (Å²) >= 11 is 0. The summed E-state index contributed by atoms with van der Waals surface area (Å²) in [6, 6.07) is 3.78. The highest BCUT2D eigenvalue weighted by Crippen LogP contribution is 2.19. The fourth-order valence-electron chi connectivity index (χ4n) is 1.68. The quantitative estimate of drug-likeness (QED) is 0.424. The van der Waals surface area contributed by atoms with E-state index in [2.05, 4.69) is 15.3 Å². The smallest absolute Gasteiger partial charge is 0.270 e. The van der Waals surface area contributed by atoms with Gasteiger partial charge in [-0.1, -0.05) is 0 Å². The van der Waals surface area contributed by atoms with E-state index in [1.54, 1.807) is 12.5 Å². The average molecular weight is 275 g/mol. The number of nitrogens with one attached hydrogen (secondary N) is 2. The maximum Gasteiger partial charge on any atom is 0.270 e. The number of benzene rings is 1. The number of hydrogen-bond acceptors (Lipinski definition) is 5. The van der Waals surface area contributed by atoms with Crippen LogP contribution in [0.1, 0.15) is 16.1 Å². The second-order valence-electron chi connectivity index (χ2n) is 4.11. The number of rotatable bonds is 5. The highest BCUT2D eigenvalue weighted by Gasteiger charge is 2.14. The molecule has 0 fully saturated rings. The fraction of sp³-hybridized carbons (Fsp3) is 0.167. The lowest BCUT2D eigenvalue weighted by Crippen LogP contribution is -2.26. The van der Waals surface area contributed by atoms with Crippen LogP contribution in [0.15, 0.2) is 30.7 Å². The van der Waals surface area contributed by atoms with Crippen LogP contribution in [0.5, 0.6) is 0 Å². The van der Waals surface area contributed by atoms with Crippen LogP contribution in [-0.2, 0) is 6.42 Å². The molecule has 104 valence electrons. The molecule has 4 N–H and O–H groups in total. The van der Waals surface area contributed by atoms with Crippen LogP contribution < -0.4 is 11.1 Å². The van der Waals surface area contributed by atoms with Gasteiger partial charge < -0.3 is 16.0 Å². The molecule has 8 nitrogen and oxygen atoms in total. The molecule has 0 unspecified atom stereocenters. The molecule has 0 radical (unpaired) electrons. The molecule has 2 aromatic rings. The van der Waals surface area contributed by atoms with Crippen molar-refractivity contribution in [1.82, 2.24) is 15.3 Å². The van der Waals surface area contributed by atoms with Gasteiger partial charge >= 0.3 is 0 Å². The van der Waals surface area contributed by atoms with E-state index in [1.807, 2.05) is 0 Å². The SMILES string of the molecule is Nc1ccc([N+](=O)[O-])cc1C(=O)NCCc1cnc[nH]1. The van der Waals surface area contributed by atoms with E-state index in [0.717, 1.165) is 5.69 Å². The molecule has 0 saturated carbocycles. The summed E-state index contributed by atoms with van der Waals surface area (Å²) in [5.41, 5.74) is 6.68. The monoisotopic (exact) mass is 275 g/mol. The normalized spacial score (nSPS) is 10.2. The van der Waals surface area contributed by atoms with Gasteiger partial charge in [0.25, 0.3) is 11.6 Å². The molecule has 0 aliphatic carbocycles. The van der Waals surface area contributed by atoms with Crippen molar-refractivity contribution in [3.8, 4) is 0 Å². The number of hydrogen-bond donors (Lipinski definition) is 3. The number of anilines is 1. The Morgan fingerprint density at radius 3 is 2.95 bits per heavy atom. The predicted octanol–water partition coefficient (Wildman–Crippen LogP) is 0.873. The summed E-state index contributed by atoms with van der Waals surface area (Å²) in [6.07, 6.45) is 3.80. The van der Waals surface area contributed by atoms with Crippen LogP contribution in [-0.4, -0.2) is 27.3 Å². The van der Waals surface area contributed by atoms with E-state index in [9.17, 15) is 14.9 Å². The van der Waals surface area contributed by atoms with E-state index < -0.39 is 10.8 Å². The maximum absolute atomic E-state index is 11.9. The number of H-pyrrole nitrogens is 1. The average Bonchev–Trinajstić information content (AvgIpc) is 2.92. The summed E-state index contributed by atoms with van der Waals surface area (Å²) in [4.78, 5) is 28.8. The largest absolute Gasteiger partial charge is 0.398 e. The lowest BCUT2D eigenvalue weighted by Gasteiger charge is -2.06. The zero-order chi connectivity index (χ0) is 14.5. The highest BCUT2D eigenvalue weighted by atomic mass is 16.6. The number of nitro benzene ring substituents is 1. The third-order valence-electron chi connectivity index (χ3n) is 2.73. The third kappa shape index (κ3) is 3.10. The fourth-order valence-corrected chi connectivity index (χ4v) is 1.68. The second-order valence-corrected chi connectivity index (χ2v) is 4.11. The number of imidazole rings is 1. The number of nitrogens with zero attached hydrogens (tertiary/aromatic N) is 2. The molecule has 0 aliphatic rings. The summed E-state index contributed by atoms with van der Waals surface area (Å²) in [7, 11) is 0. The van der Waals surface area contributed by atoms with Crippen LogP contribution >= 0.6 is 0 Å². The van der Waals surface area contributed by atoms with Gasteiger partial charge in [0.1, 0.15) is 0 Å². The van der Waals surface area contributed by atoms with Gasteiger partial charge in [0.15, 0.2) is 0 Å². The molecule has 0 atom stereocenters. The van der Waals surface area contributed by atoms with Gasteiger partial charge in [0, 0.05) is 42.7 Å². The molecule has 0 bridgehead atoms. The Bertz CT molecular complexity index is 624. The highest BCUT2D eigenvalue weighted by molar-refractivity contribution is 5.99. The number of carbonyl (C=O) groups is 1. The van der Waals surface area contributed by atoms with E-state index in [4.69, 9.17) is 5.73 Å². The van der Waals surface area contributed by atoms with Crippen molar-refractivity contribution in [3.63, 3.8) is 0 Å². The Hall–Kier alpha value is -2.90. The summed E-state index contributed by atoms with van der Waals surface area (Å²) in [6.45, 7) is 0.378. The third-order valence-corrected chi connectivity index (χ3v) is 2.73. The van der Waals surface area contributed by atoms with E-state index in [0.29, 0.717) is 13.0 Å². The van der Waals surface area contributed by atoms with Gasteiger partial charge in [-0.15, -0.1) is 0 Å². The lowest BCUT2D eigenvalue weighted by atomic mass is 10.1. The molecule has 2 rings (SSSR count). The van der Waals surface area contributed by atoms with Crippen LogP contribution in [0.25, 0.3) is 0 Å². The Morgan fingerprint density at radius 1 is 1.50 bits per heavy atom. The molecule has 0 spiro atoms. The number of aromatic amines is 1. The molecular formula is C12H13N5O3. The van der Waals surface area contributed by atoms with Crippen molar-refractivity contribution in [1.29, 1.82) is 0 Å². The first-order chi connectivity index (χ1) is 9.58. The van der Waals surface area contributed by atoms with Gasteiger partial charge in [0.05, 0.1) is 16.8 Å². The number of carbonyl (C=O) groups excluding carboxylic acids is 1. The van der Waals surface area contributed by atoms with Crippen molar-refractivity contribution >= 4 is 17.3 Å². The maximum atomic E-state index is 11.9. The Balaban J connectivity index is 2.01. The minimum Gasteiger partial charge on any atom is -0.398 e. The number of nitrogens with two attached hydrogens (primary N) is 1. The first-order valence-electron chi connectivity index (χ1n) is 5.87. The van der Waals surface area contributed by atoms with Crippen LogP contribution in [0.4, 0.5) is 11.4 Å². The molecule has 8 heteroatoms. The predicted molar refractivity (Wildman–Crippen MR) is 72.1 cm³/mol. The number of non-ortho nitro benzene ring substituents is 1. The Labute approximate surface area is 114 Å². The van der Waals surface area contributed by atoms with Gasteiger partial charge in [0.2, 0.25) is 0 Å². The van der Waals surface area contributed by atoms with Crippen LogP contribution in [0.3, 0.4) is 0 Å². The molecule has 1 aromatic heterocycles. The van der Waals surface area contributed by atoms with E-state index >= 15 is 0 Å². The number of aromatic nitrogens is 2. The van der Waals surface area contributed by atoms with Gasteiger partial charge in [-0.2, -0.15) is 0 Å². The minimum absolute atomic E-state index is 0.101. The van der Waals surface area contributed by atoms with Crippen molar-refractivity contribution in [3.05, 3.63) is 52.1 Å². The summed E-state index contributed by atoms with van der Waals surface area (Å²) < 4.78 is 0. The first-order valence-corrected chi connectivity index (χ1v) is 5.87. The van der Waals surface area contributed by atoms with Crippen molar-refractivity contribution in [2.24, 2.45) is 0 Å². The Morgan fingerprint density at radius 2 is 2.30 bits per heavy atom. The molecule has 1 aromatic carbocycles. The van der Waals surface area contributed by atoms with Crippen LogP contribution in [0.2, 0.25) is 0 Å². The standard InChI is InChI=1S/C12H13N5O3/c13-11-2-1-9(17(19)20)5-10(11)12(18)15-4-3-8-6-14-7-16-8/h1-2,5-7H,3-4,13H2,(H,14,16)(H,15,18). The van der Waals surface area contributed by atoms with Gasteiger partial charge in [-0.05, 0) is 6.07 Å². The van der Waals surface area contributed by atoms with Crippen molar-refractivity contribution in [2.75, 3.05) is 12.3 Å². The number of nitrogen functional groups attached to an aromatic ring is 1. The molecule has 0 aliphatic heterocycles. The topological polar surface area (TPSA) is 127 Å². The van der Waals surface area contributed by atoms with Gasteiger partial charge in [-0.3, -0.25) is 14.9 Å². The first kappa shape index (κ1) is 13.5. The molecular weight excluding hydrogens is 262 g/mol. The molecule has 0 saturated heterocycles. The minimum atomic E-state index is -0.569. The van der Waals surface area contributed by atoms with Crippen molar-refractivity contribution < 1.29 is 9.72 Å². The lowest BCUT2D eigenvalue weighted by molar-refractivity contribution is -0.384. The number of amides is 1. The zero-order valence-corrected chi connectivity index (χ0v) is 10.5. The second kappa shape index (κ2) is 5.83. The van der Waals surface area contributed by atoms with Gasteiger partial charge in [-0.25, -0.2) is 4.98 Å².